The first-order valence-corrected chi connectivity index (χ1v) is 14.0. The van der Waals surface area contributed by atoms with Crippen molar-refractivity contribution in [2.24, 2.45) is 4.99 Å². The summed E-state index contributed by atoms with van der Waals surface area (Å²) in [6.07, 6.45) is 10.8. The van der Waals surface area contributed by atoms with Crippen LogP contribution >= 0.6 is 11.3 Å². The van der Waals surface area contributed by atoms with E-state index in [0.717, 1.165) is 49.3 Å². The molecule has 0 fully saturated rings. The van der Waals surface area contributed by atoms with Crippen molar-refractivity contribution in [3.63, 3.8) is 0 Å². The van der Waals surface area contributed by atoms with Crippen molar-refractivity contribution in [2.75, 3.05) is 0 Å². The van der Waals surface area contributed by atoms with Gasteiger partial charge in [0, 0.05) is 36.3 Å². The maximum Gasteiger partial charge on any atom is 0.121 e. The van der Waals surface area contributed by atoms with Crippen molar-refractivity contribution in [1.29, 1.82) is 0 Å². The quantitative estimate of drug-likeness (QED) is 0.269. The average Bonchev–Trinajstić information content (AvgIpc) is 3.62. The summed E-state index contributed by atoms with van der Waals surface area (Å²) in [6, 6.07) is 22.7. The van der Waals surface area contributed by atoms with Crippen LogP contribution in [0.25, 0.3) is 11.0 Å². The molecular formula is C31H33N5S. The van der Waals surface area contributed by atoms with E-state index in [1.807, 2.05) is 12.3 Å². The van der Waals surface area contributed by atoms with E-state index in [0.29, 0.717) is 18.1 Å². The predicted molar refractivity (Wildman–Crippen MR) is 154 cm³/mol. The Morgan fingerprint density at radius 3 is 2.73 bits per heavy atom. The lowest BCUT2D eigenvalue weighted by Gasteiger charge is -2.34. The molecule has 0 amide bonds. The van der Waals surface area contributed by atoms with Gasteiger partial charge in [0.15, 0.2) is 0 Å². The van der Waals surface area contributed by atoms with E-state index in [-0.39, 0.29) is 0 Å². The Bertz CT molecular complexity index is 1380. The monoisotopic (exact) mass is 507 g/mol. The van der Waals surface area contributed by atoms with Gasteiger partial charge in [0.2, 0.25) is 0 Å². The second-order valence-corrected chi connectivity index (χ2v) is 11.0. The molecule has 2 aromatic carbocycles. The number of aromatic amines is 1. The summed E-state index contributed by atoms with van der Waals surface area (Å²) >= 11 is 1.81. The fourth-order valence-electron chi connectivity index (χ4n) is 5.30. The molecule has 5 nitrogen and oxygen atoms in total. The van der Waals surface area contributed by atoms with Crippen LogP contribution in [0, 0.1) is 0 Å². The Labute approximate surface area is 222 Å². The number of rotatable bonds is 9. The smallest absolute Gasteiger partial charge is 0.121 e. The van der Waals surface area contributed by atoms with E-state index in [9.17, 15) is 0 Å². The Kier molecular flexibility index (Phi) is 7.13. The Balaban J connectivity index is 1.18. The molecule has 4 aromatic rings. The number of allylic oxidation sites excluding steroid dienone is 1. The first-order chi connectivity index (χ1) is 18.2. The van der Waals surface area contributed by atoms with Crippen molar-refractivity contribution >= 4 is 28.6 Å². The van der Waals surface area contributed by atoms with E-state index in [2.05, 4.69) is 105 Å². The van der Waals surface area contributed by atoms with Crippen LogP contribution in [-0.4, -0.2) is 33.2 Å². The zero-order chi connectivity index (χ0) is 25.0. The number of hydrogen-bond donors (Lipinski definition) is 2. The number of imidazole rings is 1. The van der Waals surface area contributed by atoms with Crippen LogP contribution < -0.4 is 5.32 Å². The van der Waals surface area contributed by atoms with Gasteiger partial charge >= 0.3 is 0 Å². The average molecular weight is 508 g/mol. The maximum absolute atomic E-state index is 4.88. The number of benzene rings is 2. The molecule has 6 heteroatoms. The van der Waals surface area contributed by atoms with E-state index in [1.54, 1.807) is 11.3 Å². The SMILES string of the molecule is CC(NCc1ccc(CN(Cc2nc3ccccc3[nH]2)C2C=C3C=CC=NC3CC2)cc1)c1cccs1. The molecule has 3 atom stereocenters. The molecule has 0 saturated heterocycles. The highest BCUT2D eigenvalue weighted by Gasteiger charge is 2.27. The molecule has 3 heterocycles. The van der Waals surface area contributed by atoms with Crippen LogP contribution in [-0.2, 0) is 19.6 Å². The van der Waals surface area contributed by atoms with Gasteiger partial charge in [0.05, 0.1) is 23.6 Å². The van der Waals surface area contributed by atoms with Gasteiger partial charge in [0.25, 0.3) is 0 Å². The predicted octanol–water partition coefficient (Wildman–Crippen LogP) is 6.58. The molecule has 0 radical (unpaired) electrons. The number of nitrogens with zero attached hydrogens (tertiary/aromatic N) is 3. The molecule has 0 saturated carbocycles. The van der Waals surface area contributed by atoms with Gasteiger partial charge in [-0.05, 0) is 66.1 Å². The van der Waals surface area contributed by atoms with Crippen molar-refractivity contribution in [2.45, 2.75) is 57.5 Å². The third kappa shape index (κ3) is 5.67. The normalized spacial score (nSPS) is 19.8. The fraction of sp³-hybridized carbons (Fsp3) is 0.290. The lowest BCUT2D eigenvalue weighted by atomic mass is 9.89. The van der Waals surface area contributed by atoms with E-state index in [1.165, 1.54) is 21.6 Å². The number of fused-ring (bicyclic) bond motifs is 2. The van der Waals surface area contributed by atoms with Gasteiger partial charge in [-0.15, -0.1) is 11.3 Å². The summed E-state index contributed by atoms with van der Waals surface area (Å²) in [5, 5.41) is 5.79. The Morgan fingerprint density at radius 1 is 1.03 bits per heavy atom. The highest BCUT2D eigenvalue weighted by Crippen LogP contribution is 2.29. The number of dihydropyridines is 1. The molecule has 6 rings (SSSR count). The minimum absolute atomic E-state index is 0.317. The molecule has 1 aliphatic carbocycles. The number of nitrogens with one attached hydrogen (secondary N) is 2. The second-order valence-electron chi connectivity index (χ2n) is 10.0. The second kappa shape index (κ2) is 11.0. The van der Waals surface area contributed by atoms with Crippen LogP contribution in [0.1, 0.15) is 47.6 Å². The van der Waals surface area contributed by atoms with E-state index in [4.69, 9.17) is 4.98 Å². The highest BCUT2D eigenvalue weighted by atomic mass is 32.1. The Hall–Kier alpha value is -3.32. The standard InChI is InChI=1S/C31H33N5S/c1-22(30-9-5-17-37-30)33-19-23-10-12-24(13-11-23)20-36(21-31-34-28-7-2-3-8-29(28)35-31)26-14-15-27-25(18-26)6-4-16-32-27/h2-13,16-18,22,26-27,33H,14-15,19-21H2,1H3,(H,34,35). The number of para-hydroxylation sites is 2. The highest BCUT2D eigenvalue weighted by molar-refractivity contribution is 7.10. The molecule has 0 bridgehead atoms. The summed E-state index contributed by atoms with van der Waals surface area (Å²) in [4.78, 5) is 17.0. The van der Waals surface area contributed by atoms with Gasteiger partial charge in [-0.25, -0.2) is 4.98 Å². The lowest BCUT2D eigenvalue weighted by Crippen LogP contribution is -2.37. The molecule has 3 unspecified atom stereocenters. The number of aromatic nitrogens is 2. The number of hydrogen-bond acceptors (Lipinski definition) is 5. The number of aliphatic imine (C=N–C) groups is 1. The minimum atomic E-state index is 0.317. The summed E-state index contributed by atoms with van der Waals surface area (Å²) < 4.78 is 0. The van der Waals surface area contributed by atoms with Crippen LogP contribution in [0.2, 0.25) is 0 Å². The molecule has 1 aliphatic heterocycles. The van der Waals surface area contributed by atoms with Crippen LogP contribution in [0.3, 0.4) is 0 Å². The van der Waals surface area contributed by atoms with Crippen molar-refractivity contribution in [3.05, 3.63) is 112 Å². The van der Waals surface area contributed by atoms with Gasteiger partial charge in [-0.3, -0.25) is 9.89 Å². The van der Waals surface area contributed by atoms with Gasteiger partial charge in [0.1, 0.15) is 5.82 Å². The van der Waals surface area contributed by atoms with Crippen molar-refractivity contribution in [3.8, 4) is 0 Å². The number of H-pyrrole nitrogens is 1. The summed E-state index contributed by atoms with van der Waals surface area (Å²) in [5.41, 5.74) is 6.10. The summed E-state index contributed by atoms with van der Waals surface area (Å²) in [6.45, 7) is 4.75. The number of thiophene rings is 1. The molecule has 2 N–H and O–H groups in total. The van der Waals surface area contributed by atoms with E-state index < -0.39 is 0 Å². The van der Waals surface area contributed by atoms with Crippen molar-refractivity contribution < 1.29 is 0 Å². The fourth-order valence-corrected chi connectivity index (χ4v) is 6.06. The first-order valence-electron chi connectivity index (χ1n) is 13.1. The van der Waals surface area contributed by atoms with Crippen LogP contribution in [0.5, 0.6) is 0 Å². The largest absolute Gasteiger partial charge is 0.341 e. The lowest BCUT2D eigenvalue weighted by molar-refractivity contribution is 0.188. The molecular weight excluding hydrogens is 474 g/mol. The summed E-state index contributed by atoms with van der Waals surface area (Å²) in [5.74, 6) is 1.02. The van der Waals surface area contributed by atoms with Crippen molar-refractivity contribution in [1.82, 2.24) is 20.2 Å². The van der Waals surface area contributed by atoms with E-state index >= 15 is 0 Å². The molecule has 188 valence electrons. The van der Waals surface area contributed by atoms with Crippen LogP contribution in [0.15, 0.2) is 94.8 Å². The topological polar surface area (TPSA) is 56.3 Å². The zero-order valence-corrected chi connectivity index (χ0v) is 22.0. The van der Waals surface area contributed by atoms with Gasteiger partial charge in [-0.2, -0.15) is 0 Å². The third-order valence-corrected chi connectivity index (χ3v) is 8.45. The van der Waals surface area contributed by atoms with Gasteiger partial charge < -0.3 is 10.3 Å². The zero-order valence-electron chi connectivity index (χ0n) is 21.2. The molecule has 2 aliphatic rings. The minimum Gasteiger partial charge on any atom is -0.341 e. The molecule has 37 heavy (non-hydrogen) atoms. The Morgan fingerprint density at radius 2 is 1.89 bits per heavy atom. The molecule has 0 spiro atoms. The van der Waals surface area contributed by atoms with Gasteiger partial charge in [-0.1, -0.05) is 54.6 Å². The molecule has 2 aromatic heterocycles. The third-order valence-electron chi connectivity index (χ3n) is 7.40. The summed E-state index contributed by atoms with van der Waals surface area (Å²) in [7, 11) is 0. The van der Waals surface area contributed by atoms with Crippen LogP contribution in [0.4, 0.5) is 0 Å². The first kappa shape index (κ1) is 24.0. The maximum atomic E-state index is 4.88.